The standard InChI is InChI=1S/C46H60O15S2Si/c1-30-18-22-34(23-19-30)62(50,51)59-42-39(48)44(49)56-37(29-55-27-33-16-12-9-13-17-33)41(42)58-45-43(60-63(52,53)35-24-20-31(2)21-25-35)38(47)40(61-64(6,7)46(3,4)5)36(57-45)28-54-26-32-14-10-8-11-15-32/h8-25,36-45,47-49H,26-29H2,1-7H3/t36-,37-,38+,39+,40-,41-,42-,43+,44+,45-/m1/s1. The van der Waals surface area contributed by atoms with E-state index in [-0.39, 0.29) is 41.3 Å². The molecular weight excluding hydrogens is 885 g/mol. The molecule has 2 aliphatic rings. The number of aliphatic hydroxyl groups excluding tert-OH is 3. The van der Waals surface area contributed by atoms with Gasteiger partial charge in [0, 0.05) is 0 Å². The Morgan fingerprint density at radius 1 is 0.578 bits per heavy atom. The molecule has 350 valence electrons. The maximum Gasteiger partial charge on any atom is 0.297 e. The molecule has 4 aromatic carbocycles. The van der Waals surface area contributed by atoms with Crippen molar-refractivity contribution < 1.29 is 68.6 Å². The monoisotopic (exact) mass is 944 g/mol. The SMILES string of the molecule is Cc1ccc(S(=O)(=O)O[C@@H]2[C@@H](O[C@H]3[C@H](OS(=O)(=O)c4ccc(C)cc4)[C@H](O)[C@@H](O)O[C@@H]3COCc3ccccc3)O[C@H](COCc3ccccc3)[C@@H](O[Si](C)(C)C(C)(C)C)[C@@H]2O)cc1. The van der Waals surface area contributed by atoms with Crippen LogP contribution in [0.2, 0.25) is 18.1 Å². The second-order valence-electron chi connectivity index (χ2n) is 17.7. The number of aliphatic hydroxyl groups is 3. The molecule has 0 amide bonds. The Morgan fingerprint density at radius 3 is 1.47 bits per heavy atom. The summed E-state index contributed by atoms with van der Waals surface area (Å²) in [5, 5.41) is 34.6. The Morgan fingerprint density at radius 2 is 1.02 bits per heavy atom. The van der Waals surface area contributed by atoms with Crippen LogP contribution >= 0.6 is 0 Å². The van der Waals surface area contributed by atoms with Gasteiger partial charge >= 0.3 is 0 Å². The zero-order valence-electron chi connectivity index (χ0n) is 37.1. The third kappa shape index (κ3) is 12.5. The van der Waals surface area contributed by atoms with Crippen molar-refractivity contribution in [3.63, 3.8) is 0 Å². The second kappa shape index (κ2) is 21.0. The Labute approximate surface area is 377 Å². The van der Waals surface area contributed by atoms with Crippen molar-refractivity contribution in [1.29, 1.82) is 0 Å². The Hall–Kier alpha value is -3.44. The lowest BCUT2D eigenvalue weighted by atomic mass is 9.97. The highest BCUT2D eigenvalue weighted by atomic mass is 32.2. The van der Waals surface area contributed by atoms with E-state index in [0.717, 1.165) is 22.3 Å². The van der Waals surface area contributed by atoms with Gasteiger partial charge in [-0.15, -0.1) is 0 Å². The summed E-state index contributed by atoms with van der Waals surface area (Å²) in [6.07, 6.45) is -16.9. The molecule has 2 heterocycles. The molecule has 15 nitrogen and oxygen atoms in total. The molecule has 0 bridgehead atoms. The van der Waals surface area contributed by atoms with E-state index in [4.69, 9.17) is 36.5 Å². The fourth-order valence-electron chi connectivity index (χ4n) is 6.92. The van der Waals surface area contributed by atoms with Gasteiger partial charge in [-0.1, -0.05) is 117 Å². The summed E-state index contributed by atoms with van der Waals surface area (Å²) >= 11 is 0. The van der Waals surface area contributed by atoms with Crippen molar-refractivity contribution in [3.8, 4) is 0 Å². The molecule has 64 heavy (non-hydrogen) atoms. The summed E-state index contributed by atoms with van der Waals surface area (Å²) < 4.78 is 106. The van der Waals surface area contributed by atoms with Crippen LogP contribution in [0, 0.1) is 13.8 Å². The molecular formula is C46H60O15S2Si. The van der Waals surface area contributed by atoms with Crippen LogP contribution in [-0.4, -0.2) is 115 Å². The minimum absolute atomic E-state index is 0.0612. The van der Waals surface area contributed by atoms with Crippen LogP contribution in [0.1, 0.15) is 43.0 Å². The van der Waals surface area contributed by atoms with Gasteiger partial charge in [0.05, 0.1) is 36.2 Å². The predicted molar refractivity (Wildman–Crippen MR) is 237 cm³/mol. The first-order valence-electron chi connectivity index (χ1n) is 21.1. The summed E-state index contributed by atoms with van der Waals surface area (Å²) in [7, 11) is -12.1. The molecule has 6 rings (SSSR count). The average Bonchev–Trinajstić information content (AvgIpc) is 3.24. The van der Waals surface area contributed by atoms with Crippen LogP contribution in [0.15, 0.2) is 119 Å². The number of aryl methyl sites for hydroxylation is 2. The van der Waals surface area contributed by atoms with E-state index >= 15 is 0 Å². The summed E-state index contributed by atoms with van der Waals surface area (Å²) in [5.41, 5.74) is 3.19. The molecule has 10 atom stereocenters. The predicted octanol–water partition coefficient (Wildman–Crippen LogP) is 5.52. The topological polar surface area (TPSA) is 203 Å². The highest BCUT2D eigenvalue weighted by Gasteiger charge is 2.56. The Bertz CT molecular complexity index is 2310. The molecule has 0 saturated carbocycles. The lowest BCUT2D eigenvalue weighted by molar-refractivity contribution is -0.350. The summed E-state index contributed by atoms with van der Waals surface area (Å²) in [4.78, 5) is -0.478. The van der Waals surface area contributed by atoms with Crippen molar-refractivity contribution in [2.75, 3.05) is 13.2 Å². The van der Waals surface area contributed by atoms with Gasteiger partial charge in [-0.05, 0) is 67.4 Å². The maximum absolute atomic E-state index is 14.1. The van der Waals surface area contributed by atoms with Crippen LogP contribution in [0.3, 0.4) is 0 Å². The molecule has 3 N–H and O–H groups in total. The number of rotatable bonds is 18. The van der Waals surface area contributed by atoms with Crippen molar-refractivity contribution in [3.05, 3.63) is 131 Å². The Balaban J connectivity index is 1.41. The van der Waals surface area contributed by atoms with Gasteiger partial charge in [0.25, 0.3) is 20.2 Å². The molecule has 2 saturated heterocycles. The zero-order chi connectivity index (χ0) is 46.5. The van der Waals surface area contributed by atoms with E-state index in [0.29, 0.717) is 0 Å². The van der Waals surface area contributed by atoms with Crippen LogP contribution in [-0.2, 0) is 69.9 Å². The van der Waals surface area contributed by atoms with E-state index in [1.807, 2.05) is 94.5 Å². The van der Waals surface area contributed by atoms with E-state index in [1.165, 1.54) is 24.3 Å². The molecule has 0 radical (unpaired) electrons. The minimum atomic E-state index is -4.68. The summed E-state index contributed by atoms with van der Waals surface area (Å²) in [5.74, 6) is 0. The number of hydrogen-bond donors (Lipinski definition) is 3. The highest BCUT2D eigenvalue weighted by Crippen LogP contribution is 2.41. The number of benzene rings is 4. The molecule has 0 aromatic heterocycles. The van der Waals surface area contributed by atoms with E-state index < -0.39 is 90.0 Å². The first-order chi connectivity index (χ1) is 30.1. The fourth-order valence-corrected chi connectivity index (χ4v) is 10.4. The van der Waals surface area contributed by atoms with Gasteiger partial charge in [0.2, 0.25) is 0 Å². The summed E-state index contributed by atoms with van der Waals surface area (Å²) in [6, 6.07) is 30.1. The van der Waals surface area contributed by atoms with Crippen LogP contribution < -0.4 is 0 Å². The second-order valence-corrected chi connectivity index (χ2v) is 25.6. The largest absolute Gasteiger partial charge is 0.408 e. The molecule has 0 unspecified atom stereocenters. The molecule has 2 fully saturated rings. The Kier molecular flexibility index (Phi) is 16.4. The van der Waals surface area contributed by atoms with E-state index in [9.17, 15) is 32.2 Å². The molecule has 0 spiro atoms. The first kappa shape index (κ1) is 50.0. The fraction of sp³-hybridized carbons (Fsp3) is 0.478. The van der Waals surface area contributed by atoms with E-state index in [1.54, 1.807) is 38.1 Å². The normalized spacial score (nSPS) is 27.0. The zero-order valence-corrected chi connectivity index (χ0v) is 39.7. The highest BCUT2D eigenvalue weighted by molar-refractivity contribution is 7.87. The van der Waals surface area contributed by atoms with E-state index in [2.05, 4.69) is 0 Å². The van der Waals surface area contributed by atoms with Crippen LogP contribution in [0.25, 0.3) is 0 Å². The molecule has 0 aliphatic carbocycles. The molecule has 4 aromatic rings. The van der Waals surface area contributed by atoms with Crippen molar-refractivity contribution in [2.45, 2.75) is 137 Å². The average molecular weight is 945 g/mol. The molecule has 2 aliphatic heterocycles. The van der Waals surface area contributed by atoms with Gasteiger partial charge in [0.15, 0.2) is 27.0 Å². The van der Waals surface area contributed by atoms with Gasteiger partial charge in [-0.25, -0.2) is 0 Å². The van der Waals surface area contributed by atoms with Gasteiger partial charge in [-0.3, -0.25) is 8.37 Å². The van der Waals surface area contributed by atoms with Gasteiger partial charge in [-0.2, -0.15) is 16.8 Å². The van der Waals surface area contributed by atoms with Crippen LogP contribution in [0.4, 0.5) is 0 Å². The lowest BCUT2D eigenvalue weighted by Gasteiger charge is -2.50. The smallest absolute Gasteiger partial charge is 0.297 e. The van der Waals surface area contributed by atoms with Crippen molar-refractivity contribution in [1.82, 2.24) is 0 Å². The van der Waals surface area contributed by atoms with Crippen molar-refractivity contribution in [2.24, 2.45) is 0 Å². The van der Waals surface area contributed by atoms with Crippen molar-refractivity contribution >= 4 is 28.6 Å². The van der Waals surface area contributed by atoms with Crippen LogP contribution in [0.5, 0.6) is 0 Å². The minimum Gasteiger partial charge on any atom is -0.408 e. The van der Waals surface area contributed by atoms with Gasteiger partial charge in [0.1, 0.15) is 42.7 Å². The van der Waals surface area contributed by atoms with Gasteiger partial charge < -0.3 is 43.4 Å². The first-order valence-corrected chi connectivity index (χ1v) is 26.8. The quantitative estimate of drug-likeness (QED) is 0.0830. The maximum atomic E-state index is 14.1. The number of ether oxygens (including phenoxy) is 5. The summed E-state index contributed by atoms with van der Waals surface area (Å²) in [6.45, 7) is 13.2. The number of hydrogen-bond acceptors (Lipinski definition) is 15. The third-order valence-electron chi connectivity index (χ3n) is 11.7. The lowest BCUT2D eigenvalue weighted by Crippen LogP contribution is -2.67. The molecule has 18 heteroatoms. The third-order valence-corrected chi connectivity index (χ3v) is 18.8.